The van der Waals surface area contributed by atoms with Crippen LogP contribution in [-0.2, 0) is 11.3 Å². The quantitative estimate of drug-likeness (QED) is 0.235. The van der Waals surface area contributed by atoms with Gasteiger partial charge in [0.05, 0.1) is 13.2 Å². The molecule has 1 fully saturated rings. The van der Waals surface area contributed by atoms with Gasteiger partial charge in [0.2, 0.25) is 0 Å². The Kier molecular flexibility index (Phi) is 11.6. The number of likely N-dealkylation sites (N-methyl/N-ethyl adjacent to an activating group) is 1. The largest absolute Gasteiger partial charge is 0.493 e. The minimum Gasteiger partial charge on any atom is -0.493 e. The van der Waals surface area contributed by atoms with Crippen molar-refractivity contribution < 1.29 is 9.47 Å². The number of likely N-dealkylation sites (tertiary alicyclic amines) is 1. The molecule has 3 N–H and O–H groups in total. The van der Waals surface area contributed by atoms with Crippen LogP contribution in [0.2, 0.25) is 0 Å². The summed E-state index contributed by atoms with van der Waals surface area (Å²) in [5.74, 6) is 1.37. The average molecular weight is 476 g/mol. The van der Waals surface area contributed by atoms with E-state index in [1.54, 1.807) is 7.11 Å². The van der Waals surface area contributed by atoms with E-state index in [9.17, 15) is 0 Å². The van der Waals surface area contributed by atoms with Crippen molar-refractivity contribution >= 4 is 29.9 Å². The first-order valence-corrected chi connectivity index (χ1v) is 9.21. The lowest BCUT2D eigenvalue weighted by molar-refractivity contribution is 0.172. The molecule has 6 nitrogen and oxygen atoms in total. The summed E-state index contributed by atoms with van der Waals surface area (Å²) in [6.45, 7) is 7.28. The lowest BCUT2D eigenvalue weighted by atomic mass is 10.2. The average Bonchev–Trinajstić information content (AvgIpc) is 3.10. The Balaban J connectivity index is 0.00000338. The number of nitrogens with two attached hydrogens (primary N) is 1. The summed E-state index contributed by atoms with van der Waals surface area (Å²) in [4.78, 5) is 6.94. The van der Waals surface area contributed by atoms with Crippen LogP contribution >= 0.6 is 24.0 Å². The Morgan fingerprint density at radius 2 is 2.23 bits per heavy atom. The molecule has 1 aromatic rings. The van der Waals surface area contributed by atoms with Crippen molar-refractivity contribution in [3.8, 4) is 5.75 Å². The zero-order valence-corrected chi connectivity index (χ0v) is 18.3. The zero-order valence-electron chi connectivity index (χ0n) is 15.9. The molecule has 0 amide bonds. The van der Waals surface area contributed by atoms with E-state index in [-0.39, 0.29) is 24.0 Å². The van der Waals surface area contributed by atoms with Crippen molar-refractivity contribution in [2.75, 3.05) is 40.0 Å². The topological polar surface area (TPSA) is 72.1 Å². The number of halogens is 1. The first-order valence-electron chi connectivity index (χ1n) is 9.21. The van der Waals surface area contributed by atoms with E-state index >= 15 is 0 Å². The Morgan fingerprint density at radius 1 is 1.38 bits per heavy atom. The lowest BCUT2D eigenvalue weighted by Gasteiger charge is -2.23. The summed E-state index contributed by atoms with van der Waals surface area (Å²) >= 11 is 0. The first-order chi connectivity index (χ1) is 12.2. The fourth-order valence-electron chi connectivity index (χ4n) is 3.12. The van der Waals surface area contributed by atoms with E-state index < -0.39 is 0 Å². The maximum absolute atomic E-state index is 6.01. The summed E-state index contributed by atoms with van der Waals surface area (Å²) in [5.41, 5.74) is 7.10. The fourth-order valence-corrected chi connectivity index (χ4v) is 3.12. The normalized spacial score (nSPS) is 17.8. The molecule has 26 heavy (non-hydrogen) atoms. The molecule has 0 radical (unpaired) electrons. The van der Waals surface area contributed by atoms with Gasteiger partial charge in [-0.15, -0.1) is 24.0 Å². The molecule has 2 rings (SSSR count). The SMILES string of the molecule is CCN1CCCC1CNC(N)=NCc1cccc(OCCCOC)c1.I. The molecule has 1 atom stereocenters. The Bertz CT molecular complexity index is 542. The second kappa shape index (κ2) is 13.2. The molecule has 0 aromatic heterocycles. The number of nitrogens with zero attached hydrogens (tertiary/aromatic N) is 2. The summed E-state index contributed by atoms with van der Waals surface area (Å²) in [6, 6.07) is 8.56. The molecule has 1 aliphatic heterocycles. The van der Waals surface area contributed by atoms with Crippen molar-refractivity contribution in [3.63, 3.8) is 0 Å². The molecular weight excluding hydrogens is 443 g/mol. The number of hydrogen-bond donors (Lipinski definition) is 2. The highest BCUT2D eigenvalue weighted by molar-refractivity contribution is 14.0. The Hall–Kier alpha value is -1.06. The second-order valence-corrected chi connectivity index (χ2v) is 6.35. The minimum absolute atomic E-state index is 0. The van der Waals surface area contributed by atoms with Gasteiger partial charge in [-0.1, -0.05) is 19.1 Å². The van der Waals surface area contributed by atoms with Gasteiger partial charge in [-0.3, -0.25) is 4.90 Å². The third-order valence-electron chi connectivity index (χ3n) is 4.52. The van der Waals surface area contributed by atoms with Gasteiger partial charge in [-0.25, -0.2) is 4.99 Å². The Morgan fingerprint density at radius 3 is 3.00 bits per heavy atom. The second-order valence-electron chi connectivity index (χ2n) is 6.35. The summed E-state index contributed by atoms with van der Waals surface area (Å²) < 4.78 is 10.7. The standard InChI is InChI=1S/C19H32N4O2.HI/c1-3-23-10-5-8-17(23)15-22-19(20)21-14-16-7-4-9-18(13-16)25-12-6-11-24-2;/h4,7,9,13,17H,3,5-6,8,10-12,14-15H2,1-2H3,(H3,20,21,22);1H. The number of nitrogens with one attached hydrogen (secondary N) is 1. The van der Waals surface area contributed by atoms with E-state index in [4.69, 9.17) is 15.2 Å². The van der Waals surface area contributed by atoms with Crippen LogP contribution in [-0.4, -0.2) is 56.9 Å². The highest BCUT2D eigenvalue weighted by atomic mass is 127. The molecule has 1 saturated heterocycles. The molecule has 0 saturated carbocycles. The highest BCUT2D eigenvalue weighted by Gasteiger charge is 2.22. The predicted octanol–water partition coefficient (Wildman–Crippen LogP) is 2.61. The van der Waals surface area contributed by atoms with Crippen LogP contribution in [0.4, 0.5) is 0 Å². The first kappa shape index (κ1) is 23.0. The van der Waals surface area contributed by atoms with Crippen LogP contribution in [0.1, 0.15) is 31.7 Å². The third-order valence-corrected chi connectivity index (χ3v) is 4.52. The summed E-state index contributed by atoms with van der Waals surface area (Å²) in [5, 5.41) is 3.26. The van der Waals surface area contributed by atoms with E-state index in [1.165, 1.54) is 19.4 Å². The van der Waals surface area contributed by atoms with E-state index in [0.717, 1.165) is 30.8 Å². The van der Waals surface area contributed by atoms with Crippen LogP contribution in [0.3, 0.4) is 0 Å². The molecule has 1 aliphatic rings. The molecule has 1 unspecified atom stereocenters. The molecule has 1 heterocycles. The highest BCUT2D eigenvalue weighted by Crippen LogP contribution is 2.16. The maximum Gasteiger partial charge on any atom is 0.188 e. The number of ether oxygens (including phenoxy) is 2. The molecule has 0 spiro atoms. The minimum atomic E-state index is 0. The van der Waals surface area contributed by atoms with E-state index in [0.29, 0.717) is 31.8 Å². The summed E-state index contributed by atoms with van der Waals surface area (Å²) in [7, 11) is 1.70. The lowest BCUT2D eigenvalue weighted by Crippen LogP contribution is -2.42. The van der Waals surface area contributed by atoms with Gasteiger partial charge in [-0.05, 0) is 43.6 Å². The number of hydrogen-bond acceptors (Lipinski definition) is 4. The number of aliphatic imine (C=N–C) groups is 1. The third kappa shape index (κ3) is 8.09. The summed E-state index contributed by atoms with van der Waals surface area (Å²) in [6.07, 6.45) is 3.39. The van der Waals surface area contributed by atoms with Crippen LogP contribution in [0, 0.1) is 0 Å². The Labute approximate surface area is 174 Å². The molecule has 1 aromatic carbocycles. The van der Waals surface area contributed by atoms with Crippen molar-refractivity contribution in [1.82, 2.24) is 10.2 Å². The number of benzene rings is 1. The molecule has 0 bridgehead atoms. The van der Waals surface area contributed by atoms with Crippen molar-refractivity contribution in [1.29, 1.82) is 0 Å². The molecule has 148 valence electrons. The maximum atomic E-state index is 6.01. The van der Waals surface area contributed by atoms with Crippen LogP contribution < -0.4 is 15.8 Å². The van der Waals surface area contributed by atoms with Crippen molar-refractivity contribution in [2.24, 2.45) is 10.7 Å². The van der Waals surface area contributed by atoms with Gasteiger partial charge in [0.1, 0.15) is 5.75 Å². The number of methoxy groups -OCH3 is 1. The molecule has 0 aliphatic carbocycles. The van der Waals surface area contributed by atoms with Crippen LogP contribution in [0.15, 0.2) is 29.3 Å². The van der Waals surface area contributed by atoms with Gasteiger partial charge in [-0.2, -0.15) is 0 Å². The van der Waals surface area contributed by atoms with Crippen LogP contribution in [0.25, 0.3) is 0 Å². The van der Waals surface area contributed by atoms with Crippen LogP contribution in [0.5, 0.6) is 5.75 Å². The zero-order chi connectivity index (χ0) is 17.9. The van der Waals surface area contributed by atoms with Gasteiger partial charge in [0.25, 0.3) is 0 Å². The van der Waals surface area contributed by atoms with Crippen molar-refractivity contribution in [3.05, 3.63) is 29.8 Å². The van der Waals surface area contributed by atoms with Crippen molar-refractivity contribution in [2.45, 2.75) is 38.8 Å². The van der Waals surface area contributed by atoms with E-state index in [1.807, 2.05) is 24.3 Å². The fraction of sp³-hybridized carbons (Fsp3) is 0.632. The van der Waals surface area contributed by atoms with E-state index in [2.05, 4.69) is 22.1 Å². The number of guanidine groups is 1. The molecule has 7 heteroatoms. The smallest absolute Gasteiger partial charge is 0.188 e. The van der Waals surface area contributed by atoms with Gasteiger partial charge in [0.15, 0.2) is 5.96 Å². The number of rotatable bonds is 10. The predicted molar refractivity (Wildman–Crippen MR) is 117 cm³/mol. The van der Waals surface area contributed by atoms with Gasteiger partial charge < -0.3 is 20.5 Å². The van der Waals surface area contributed by atoms with Gasteiger partial charge in [0, 0.05) is 32.7 Å². The molecular formula is C19H33IN4O2. The monoisotopic (exact) mass is 476 g/mol. The van der Waals surface area contributed by atoms with Gasteiger partial charge >= 0.3 is 0 Å².